The van der Waals surface area contributed by atoms with Gasteiger partial charge in [-0.05, 0) is 36.4 Å². The topological polar surface area (TPSA) is 54.1 Å². The van der Waals surface area contributed by atoms with E-state index in [1.807, 2.05) is 24.4 Å². The Balaban J connectivity index is 1.89. The Bertz CT molecular complexity index is 811. The summed E-state index contributed by atoms with van der Waals surface area (Å²) in [5.41, 5.74) is 2.16. The third-order valence-electron chi connectivity index (χ3n) is 3.25. The van der Waals surface area contributed by atoms with E-state index in [2.05, 4.69) is 10.3 Å². The van der Waals surface area contributed by atoms with Gasteiger partial charge in [-0.1, -0.05) is 17.7 Å². The van der Waals surface area contributed by atoms with Gasteiger partial charge in [0.05, 0.1) is 12.1 Å². The summed E-state index contributed by atoms with van der Waals surface area (Å²) in [6, 6.07) is 12.6. The number of H-pyrrole nitrogens is 1. The number of benzene rings is 2. The van der Waals surface area contributed by atoms with Crippen molar-refractivity contribution in [1.29, 1.82) is 0 Å². The Labute approximate surface area is 126 Å². The lowest BCUT2D eigenvalue weighted by atomic mass is 10.1. The number of methoxy groups -OCH3 is 1. The summed E-state index contributed by atoms with van der Waals surface area (Å²) in [6.07, 6.45) is 1.81. The second-order valence-corrected chi connectivity index (χ2v) is 4.96. The third-order valence-corrected chi connectivity index (χ3v) is 3.54. The Morgan fingerprint density at radius 2 is 2.10 bits per heavy atom. The van der Waals surface area contributed by atoms with Crippen molar-refractivity contribution < 1.29 is 9.53 Å². The fraction of sp³-hybridized carbons (Fsp3) is 0.0625. The van der Waals surface area contributed by atoms with Gasteiger partial charge in [0, 0.05) is 28.4 Å². The highest BCUT2D eigenvalue weighted by molar-refractivity contribution is 6.32. The molecule has 1 aromatic heterocycles. The standard InChI is InChI=1S/C16H13ClN2O2/c1-21-15-6-5-10(9-13(15)17)19-16(20)12-3-2-4-14-11(12)7-8-18-14/h2-9,18H,1H3,(H,19,20). The van der Waals surface area contributed by atoms with Gasteiger partial charge in [0.2, 0.25) is 0 Å². The van der Waals surface area contributed by atoms with Gasteiger partial charge in [0.25, 0.3) is 5.91 Å². The molecule has 0 fully saturated rings. The molecule has 0 aliphatic rings. The lowest BCUT2D eigenvalue weighted by molar-refractivity contribution is 0.102. The van der Waals surface area contributed by atoms with Gasteiger partial charge >= 0.3 is 0 Å². The van der Waals surface area contributed by atoms with Crippen molar-refractivity contribution in [3.05, 3.63) is 59.2 Å². The molecular formula is C16H13ClN2O2. The molecule has 2 N–H and O–H groups in total. The molecule has 5 heteroatoms. The van der Waals surface area contributed by atoms with Crippen LogP contribution in [0.1, 0.15) is 10.4 Å². The summed E-state index contributed by atoms with van der Waals surface area (Å²) in [6.45, 7) is 0. The van der Waals surface area contributed by atoms with Gasteiger partial charge < -0.3 is 15.0 Å². The predicted octanol–water partition coefficient (Wildman–Crippen LogP) is 4.08. The number of fused-ring (bicyclic) bond motifs is 1. The zero-order valence-electron chi connectivity index (χ0n) is 11.3. The molecule has 0 spiro atoms. The number of aromatic nitrogens is 1. The highest BCUT2D eigenvalue weighted by Crippen LogP contribution is 2.27. The molecule has 0 aliphatic heterocycles. The maximum Gasteiger partial charge on any atom is 0.256 e. The van der Waals surface area contributed by atoms with Crippen LogP contribution < -0.4 is 10.1 Å². The van der Waals surface area contributed by atoms with Crippen molar-refractivity contribution in [2.24, 2.45) is 0 Å². The fourth-order valence-electron chi connectivity index (χ4n) is 2.23. The molecular weight excluding hydrogens is 288 g/mol. The van der Waals surface area contributed by atoms with Crippen LogP contribution >= 0.6 is 11.6 Å². The SMILES string of the molecule is COc1ccc(NC(=O)c2cccc3[nH]ccc23)cc1Cl. The molecule has 1 heterocycles. The number of nitrogens with one attached hydrogen (secondary N) is 2. The number of aromatic amines is 1. The average Bonchev–Trinajstić information content (AvgIpc) is 2.95. The Hall–Kier alpha value is -2.46. The highest BCUT2D eigenvalue weighted by atomic mass is 35.5. The van der Waals surface area contributed by atoms with Gasteiger partial charge in [-0.25, -0.2) is 0 Å². The molecule has 0 unspecified atom stereocenters. The summed E-state index contributed by atoms with van der Waals surface area (Å²) in [7, 11) is 1.55. The summed E-state index contributed by atoms with van der Waals surface area (Å²) in [5.74, 6) is 0.392. The molecule has 0 saturated heterocycles. The van der Waals surface area contributed by atoms with Crippen molar-refractivity contribution in [2.45, 2.75) is 0 Å². The first kappa shape index (κ1) is 13.5. The van der Waals surface area contributed by atoms with Crippen LogP contribution in [0.4, 0.5) is 5.69 Å². The molecule has 4 nitrogen and oxygen atoms in total. The zero-order chi connectivity index (χ0) is 14.8. The molecule has 1 amide bonds. The van der Waals surface area contributed by atoms with Gasteiger partial charge in [-0.3, -0.25) is 4.79 Å². The number of hydrogen-bond acceptors (Lipinski definition) is 2. The van der Waals surface area contributed by atoms with E-state index in [0.717, 1.165) is 10.9 Å². The molecule has 0 aliphatic carbocycles. The monoisotopic (exact) mass is 300 g/mol. The number of rotatable bonds is 3. The smallest absolute Gasteiger partial charge is 0.256 e. The third kappa shape index (κ3) is 2.58. The summed E-state index contributed by atoms with van der Waals surface area (Å²) in [4.78, 5) is 15.5. The second-order valence-electron chi connectivity index (χ2n) is 4.55. The van der Waals surface area contributed by atoms with E-state index >= 15 is 0 Å². The predicted molar refractivity (Wildman–Crippen MR) is 84.3 cm³/mol. The Kier molecular flexibility index (Phi) is 3.54. The first-order chi connectivity index (χ1) is 10.2. The van der Waals surface area contributed by atoms with E-state index in [0.29, 0.717) is 22.0 Å². The van der Waals surface area contributed by atoms with Crippen molar-refractivity contribution in [3.8, 4) is 5.75 Å². The Morgan fingerprint density at radius 3 is 2.86 bits per heavy atom. The molecule has 0 atom stereocenters. The molecule has 21 heavy (non-hydrogen) atoms. The minimum Gasteiger partial charge on any atom is -0.495 e. The van der Waals surface area contributed by atoms with Crippen molar-refractivity contribution in [3.63, 3.8) is 0 Å². The number of amides is 1. The van der Waals surface area contributed by atoms with Gasteiger partial charge in [-0.2, -0.15) is 0 Å². The van der Waals surface area contributed by atoms with Crippen LogP contribution in [0.3, 0.4) is 0 Å². The lowest BCUT2D eigenvalue weighted by Gasteiger charge is -2.08. The molecule has 106 valence electrons. The number of ether oxygens (including phenoxy) is 1. The minimum atomic E-state index is -0.179. The van der Waals surface area contributed by atoms with Crippen molar-refractivity contribution >= 4 is 34.1 Å². The second kappa shape index (κ2) is 5.50. The number of anilines is 1. The first-order valence-electron chi connectivity index (χ1n) is 6.40. The van der Waals surface area contributed by atoms with E-state index in [1.54, 1.807) is 31.4 Å². The average molecular weight is 301 g/mol. The van der Waals surface area contributed by atoms with E-state index in [9.17, 15) is 4.79 Å². The lowest BCUT2D eigenvalue weighted by Crippen LogP contribution is -2.12. The number of hydrogen-bond donors (Lipinski definition) is 2. The van der Waals surface area contributed by atoms with Crippen LogP contribution in [0, 0.1) is 0 Å². The van der Waals surface area contributed by atoms with E-state index < -0.39 is 0 Å². The molecule has 3 rings (SSSR count). The minimum absolute atomic E-state index is 0.179. The van der Waals surface area contributed by atoms with Crippen LogP contribution in [0.25, 0.3) is 10.9 Å². The van der Waals surface area contributed by atoms with Crippen LogP contribution in [-0.4, -0.2) is 18.0 Å². The summed E-state index contributed by atoms with van der Waals surface area (Å²) >= 11 is 6.06. The molecule has 0 radical (unpaired) electrons. The quantitative estimate of drug-likeness (QED) is 0.765. The van der Waals surface area contributed by atoms with Crippen LogP contribution in [0.2, 0.25) is 5.02 Å². The van der Waals surface area contributed by atoms with Crippen LogP contribution in [0.15, 0.2) is 48.7 Å². The van der Waals surface area contributed by atoms with Gasteiger partial charge in [-0.15, -0.1) is 0 Å². The van der Waals surface area contributed by atoms with E-state index in [-0.39, 0.29) is 5.91 Å². The number of halogens is 1. The number of carbonyl (C=O) groups is 1. The highest BCUT2D eigenvalue weighted by Gasteiger charge is 2.11. The normalized spacial score (nSPS) is 10.6. The van der Waals surface area contributed by atoms with E-state index in [4.69, 9.17) is 16.3 Å². The number of carbonyl (C=O) groups excluding carboxylic acids is 1. The van der Waals surface area contributed by atoms with Crippen molar-refractivity contribution in [2.75, 3.05) is 12.4 Å². The van der Waals surface area contributed by atoms with Crippen LogP contribution in [-0.2, 0) is 0 Å². The van der Waals surface area contributed by atoms with Crippen molar-refractivity contribution in [1.82, 2.24) is 4.98 Å². The molecule has 0 saturated carbocycles. The fourth-order valence-corrected chi connectivity index (χ4v) is 2.48. The maximum atomic E-state index is 12.4. The Morgan fingerprint density at radius 1 is 1.24 bits per heavy atom. The van der Waals surface area contributed by atoms with E-state index in [1.165, 1.54) is 0 Å². The molecule has 0 bridgehead atoms. The largest absolute Gasteiger partial charge is 0.495 e. The molecule has 3 aromatic rings. The molecule has 2 aromatic carbocycles. The summed E-state index contributed by atoms with van der Waals surface area (Å²) < 4.78 is 5.09. The van der Waals surface area contributed by atoms with Gasteiger partial charge in [0.1, 0.15) is 5.75 Å². The first-order valence-corrected chi connectivity index (χ1v) is 6.78. The maximum absolute atomic E-state index is 12.4. The summed E-state index contributed by atoms with van der Waals surface area (Å²) in [5, 5.41) is 4.18. The van der Waals surface area contributed by atoms with Gasteiger partial charge in [0.15, 0.2) is 0 Å². The zero-order valence-corrected chi connectivity index (χ0v) is 12.1. The van der Waals surface area contributed by atoms with Crippen LogP contribution in [0.5, 0.6) is 5.75 Å².